The number of aromatic amines is 2. The molecule has 0 radical (unpaired) electrons. The average molecular weight is 423 g/mol. The van der Waals surface area contributed by atoms with Gasteiger partial charge >= 0.3 is 0 Å². The van der Waals surface area contributed by atoms with Crippen molar-refractivity contribution >= 4 is 22.1 Å². The number of aromatic hydroxyl groups is 1. The van der Waals surface area contributed by atoms with Gasteiger partial charge in [-0.3, -0.25) is 15.1 Å². The molecule has 6 rings (SSSR count). The predicted octanol–water partition coefficient (Wildman–Crippen LogP) is 4.47. The quantitative estimate of drug-likeness (QED) is 0.387. The van der Waals surface area contributed by atoms with E-state index in [1.807, 2.05) is 12.1 Å². The van der Waals surface area contributed by atoms with Crippen molar-refractivity contribution in [3.05, 3.63) is 73.2 Å². The number of aromatic nitrogens is 7. The van der Waals surface area contributed by atoms with Crippen molar-refractivity contribution in [1.82, 2.24) is 35.1 Å². The second kappa shape index (κ2) is 6.95. The van der Waals surface area contributed by atoms with Crippen molar-refractivity contribution in [2.75, 3.05) is 0 Å². The third-order valence-corrected chi connectivity index (χ3v) is 5.26. The molecule has 0 saturated heterocycles. The number of fused-ring (bicyclic) bond motifs is 2. The lowest BCUT2D eigenvalue weighted by molar-refractivity contribution is 0.469. The number of hydrogen-bond donors (Lipinski definition) is 3. The molecule has 0 aliphatic carbocycles. The molecule has 32 heavy (non-hydrogen) atoms. The summed E-state index contributed by atoms with van der Waals surface area (Å²) in [6.07, 6.45) is 8.27. The van der Waals surface area contributed by atoms with Crippen molar-refractivity contribution in [1.29, 1.82) is 0 Å². The van der Waals surface area contributed by atoms with Gasteiger partial charge in [0.05, 0.1) is 23.3 Å². The molecule has 0 bridgehead atoms. The van der Waals surface area contributed by atoms with Gasteiger partial charge in [0.25, 0.3) is 0 Å². The van der Waals surface area contributed by atoms with Crippen LogP contribution in [0.15, 0.2) is 67.4 Å². The van der Waals surface area contributed by atoms with Crippen molar-refractivity contribution < 1.29 is 9.50 Å². The topological polar surface area (TPSA) is 116 Å². The maximum absolute atomic E-state index is 13.9. The highest BCUT2D eigenvalue weighted by atomic mass is 19.1. The molecule has 0 amide bonds. The van der Waals surface area contributed by atoms with Crippen LogP contribution in [0.25, 0.3) is 55.8 Å². The first kappa shape index (κ1) is 18.1. The lowest BCUT2D eigenvalue weighted by Crippen LogP contribution is -1.86. The lowest BCUT2D eigenvalue weighted by atomic mass is 10.0. The number of phenolic OH excluding ortho intramolecular Hbond substituents is 1. The Hall–Kier alpha value is -4.66. The largest absolute Gasteiger partial charge is 0.508 e. The zero-order chi connectivity index (χ0) is 21.7. The fourth-order valence-corrected chi connectivity index (χ4v) is 3.84. The van der Waals surface area contributed by atoms with Crippen LogP contribution in [0.2, 0.25) is 0 Å². The molecule has 9 heteroatoms. The molecule has 0 saturated carbocycles. The molecule has 0 aliphatic rings. The summed E-state index contributed by atoms with van der Waals surface area (Å²) in [5, 5.41) is 18.8. The number of benzene rings is 1. The molecule has 6 aromatic rings. The van der Waals surface area contributed by atoms with Gasteiger partial charge in [0.2, 0.25) is 0 Å². The van der Waals surface area contributed by atoms with Crippen LogP contribution in [0.5, 0.6) is 5.75 Å². The van der Waals surface area contributed by atoms with Gasteiger partial charge in [-0.1, -0.05) is 0 Å². The summed E-state index contributed by atoms with van der Waals surface area (Å²) in [6.45, 7) is 0. The van der Waals surface area contributed by atoms with Gasteiger partial charge in [-0.2, -0.15) is 5.10 Å². The number of H-pyrrole nitrogens is 2. The molecule has 0 atom stereocenters. The Labute approximate surface area is 179 Å². The van der Waals surface area contributed by atoms with Gasteiger partial charge < -0.3 is 10.1 Å². The highest BCUT2D eigenvalue weighted by Crippen LogP contribution is 2.35. The smallest absolute Gasteiger partial charge is 0.181 e. The van der Waals surface area contributed by atoms with Crippen LogP contribution in [0.1, 0.15) is 0 Å². The minimum absolute atomic E-state index is 0.136. The Bertz CT molecular complexity index is 1590. The molecule has 5 heterocycles. The molecule has 0 aliphatic heterocycles. The van der Waals surface area contributed by atoms with Gasteiger partial charge in [0, 0.05) is 47.2 Å². The first-order valence-corrected chi connectivity index (χ1v) is 9.74. The molecule has 0 fully saturated rings. The minimum atomic E-state index is -0.511. The summed E-state index contributed by atoms with van der Waals surface area (Å²) < 4.78 is 13.9. The molecular weight excluding hydrogens is 409 g/mol. The number of phenols is 1. The maximum Gasteiger partial charge on any atom is 0.181 e. The summed E-state index contributed by atoms with van der Waals surface area (Å²) in [4.78, 5) is 20.6. The first-order valence-electron chi connectivity index (χ1n) is 9.74. The summed E-state index contributed by atoms with van der Waals surface area (Å²) in [5.41, 5.74) is 5.51. The van der Waals surface area contributed by atoms with E-state index in [0.717, 1.165) is 39.4 Å². The lowest BCUT2D eigenvalue weighted by Gasteiger charge is -2.04. The van der Waals surface area contributed by atoms with Gasteiger partial charge in [-0.05, 0) is 41.5 Å². The monoisotopic (exact) mass is 423 g/mol. The molecule has 1 aromatic carbocycles. The van der Waals surface area contributed by atoms with Gasteiger partial charge in [0.15, 0.2) is 5.65 Å². The van der Waals surface area contributed by atoms with Crippen LogP contribution in [-0.2, 0) is 0 Å². The van der Waals surface area contributed by atoms with E-state index in [2.05, 4.69) is 35.1 Å². The summed E-state index contributed by atoms with van der Waals surface area (Å²) in [7, 11) is 0. The van der Waals surface area contributed by atoms with E-state index in [-0.39, 0.29) is 5.75 Å². The van der Waals surface area contributed by atoms with E-state index in [1.54, 1.807) is 37.1 Å². The molecule has 3 N–H and O–H groups in total. The molecule has 154 valence electrons. The Morgan fingerprint density at radius 1 is 0.844 bits per heavy atom. The number of nitrogens with zero attached hydrogens (tertiary/aromatic N) is 5. The fourth-order valence-electron chi connectivity index (χ4n) is 3.84. The van der Waals surface area contributed by atoms with Crippen molar-refractivity contribution in [2.24, 2.45) is 0 Å². The van der Waals surface area contributed by atoms with Crippen LogP contribution in [0.3, 0.4) is 0 Å². The Morgan fingerprint density at radius 3 is 2.62 bits per heavy atom. The summed E-state index contributed by atoms with van der Waals surface area (Å²) in [5.74, 6) is -0.647. The highest BCUT2D eigenvalue weighted by Gasteiger charge is 2.16. The number of pyridine rings is 2. The molecule has 5 aromatic heterocycles. The van der Waals surface area contributed by atoms with E-state index in [9.17, 15) is 9.50 Å². The van der Waals surface area contributed by atoms with Crippen LogP contribution in [0.4, 0.5) is 4.39 Å². The van der Waals surface area contributed by atoms with Crippen LogP contribution in [0, 0.1) is 5.82 Å². The fraction of sp³-hybridized carbons (Fsp3) is 0. The molecule has 0 spiro atoms. The second-order valence-corrected chi connectivity index (χ2v) is 7.29. The number of hydrogen-bond acceptors (Lipinski definition) is 6. The third-order valence-electron chi connectivity index (χ3n) is 5.26. The zero-order valence-corrected chi connectivity index (χ0v) is 16.4. The molecular formula is C23H14FN7O. The zero-order valence-electron chi connectivity index (χ0n) is 16.4. The van der Waals surface area contributed by atoms with Gasteiger partial charge in [-0.25, -0.2) is 14.4 Å². The Kier molecular flexibility index (Phi) is 3.94. The summed E-state index contributed by atoms with van der Waals surface area (Å²) >= 11 is 0. The number of nitrogens with one attached hydrogen (secondary N) is 2. The second-order valence-electron chi connectivity index (χ2n) is 7.29. The van der Waals surface area contributed by atoms with Crippen LogP contribution in [-0.4, -0.2) is 40.2 Å². The van der Waals surface area contributed by atoms with Crippen molar-refractivity contribution in [3.8, 4) is 39.5 Å². The van der Waals surface area contributed by atoms with E-state index in [0.29, 0.717) is 22.6 Å². The van der Waals surface area contributed by atoms with Crippen molar-refractivity contribution in [3.63, 3.8) is 0 Å². The Morgan fingerprint density at radius 2 is 1.78 bits per heavy atom. The van der Waals surface area contributed by atoms with Crippen LogP contribution < -0.4 is 0 Å². The predicted molar refractivity (Wildman–Crippen MR) is 117 cm³/mol. The van der Waals surface area contributed by atoms with E-state index >= 15 is 0 Å². The third kappa shape index (κ3) is 2.95. The maximum atomic E-state index is 13.9. The van der Waals surface area contributed by atoms with Gasteiger partial charge in [-0.15, -0.1) is 0 Å². The van der Waals surface area contributed by atoms with E-state index in [4.69, 9.17) is 0 Å². The molecule has 0 unspecified atom stereocenters. The normalized spacial score (nSPS) is 11.4. The molecule has 8 nitrogen and oxygen atoms in total. The SMILES string of the molecule is Oc1cc(F)cc(-c2ccnc3[nH]c(-c4[nH]nc5ncc(-c6cnccn6)cc45)cc23)c1. The van der Waals surface area contributed by atoms with Crippen molar-refractivity contribution in [2.45, 2.75) is 0 Å². The van der Waals surface area contributed by atoms with E-state index < -0.39 is 5.82 Å². The van der Waals surface area contributed by atoms with Crippen LogP contribution >= 0.6 is 0 Å². The van der Waals surface area contributed by atoms with E-state index in [1.165, 1.54) is 12.1 Å². The first-order chi connectivity index (χ1) is 15.7. The van der Waals surface area contributed by atoms with Gasteiger partial charge in [0.1, 0.15) is 17.2 Å². The standard InChI is InChI=1S/C23H14FN7O/c24-14-5-12(6-15(32)8-14)16-1-2-27-22-17(16)9-19(29-22)21-18-7-13(10-28-23(18)31-30-21)20-11-25-3-4-26-20/h1-11,32H,(H,27,29)(H,28,30,31). The minimum Gasteiger partial charge on any atom is -0.508 e. The summed E-state index contributed by atoms with van der Waals surface area (Å²) in [6, 6.07) is 9.63. The number of rotatable bonds is 3. The highest BCUT2D eigenvalue weighted by molar-refractivity contribution is 5.99. The number of halogens is 1. The Balaban J connectivity index is 1.52. The average Bonchev–Trinajstić information content (AvgIpc) is 3.42.